The Labute approximate surface area is 117 Å². The van der Waals surface area contributed by atoms with Gasteiger partial charge in [0.15, 0.2) is 0 Å². The average Bonchev–Trinajstić information content (AvgIpc) is 2.47. The van der Waals surface area contributed by atoms with Crippen LogP contribution in [0, 0.1) is 0 Å². The molecule has 0 aliphatic heterocycles. The minimum atomic E-state index is -0.260. The molecule has 5 heteroatoms. The van der Waals surface area contributed by atoms with Crippen LogP contribution in [0.15, 0.2) is 42.5 Å². The number of carbonyl (C=O) groups is 1. The Morgan fingerprint density at radius 2 is 1.75 bits per heavy atom. The monoisotopic (exact) mass is 272 g/mol. The molecule has 20 heavy (non-hydrogen) atoms. The zero-order chi connectivity index (χ0) is 14.5. The number of hydrogen-bond acceptors (Lipinski definition) is 4. The standard InChI is InChI=1S/C15H16N2O3/c1-19-13-8-7-10(9-11(13)16)15(18)17-12-5-3-4-6-14(12)20-2/h3-9H,16H2,1-2H3,(H,17,18). The van der Waals surface area contributed by atoms with Gasteiger partial charge in [-0.2, -0.15) is 0 Å². The summed E-state index contributed by atoms with van der Waals surface area (Å²) in [5.41, 5.74) is 7.27. The molecule has 0 radical (unpaired) electrons. The third kappa shape index (κ3) is 2.83. The van der Waals surface area contributed by atoms with Gasteiger partial charge in [-0.15, -0.1) is 0 Å². The van der Waals surface area contributed by atoms with Gasteiger partial charge in [0, 0.05) is 5.56 Å². The molecule has 5 nitrogen and oxygen atoms in total. The number of nitrogens with two attached hydrogens (primary N) is 1. The maximum absolute atomic E-state index is 12.2. The summed E-state index contributed by atoms with van der Waals surface area (Å²) < 4.78 is 10.2. The minimum Gasteiger partial charge on any atom is -0.495 e. The second-order valence-corrected chi connectivity index (χ2v) is 4.11. The number of nitrogens with one attached hydrogen (secondary N) is 1. The van der Waals surface area contributed by atoms with Crippen LogP contribution in [0.1, 0.15) is 10.4 Å². The molecule has 1 amide bonds. The van der Waals surface area contributed by atoms with Crippen molar-refractivity contribution in [3.05, 3.63) is 48.0 Å². The molecule has 2 aromatic rings. The van der Waals surface area contributed by atoms with Crippen LogP contribution in [-0.2, 0) is 0 Å². The number of amides is 1. The van der Waals surface area contributed by atoms with E-state index in [1.165, 1.54) is 7.11 Å². The molecular formula is C15H16N2O3. The molecule has 104 valence electrons. The summed E-state index contributed by atoms with van der Waals surface area (Å²) in [5.74, 6) is 0.880. The van der Waals surface area contributed by atoms with Crippen LogP contribution in [0.3, 0.4) is 0 Å². The zero-order valence-electron chi connectivity index (χ0n) is 11.3. The van der Waals surface area contributed by atoms with Crippen LogP contribution >= 0.6 is 0 Å². The molecule has 0 saturated heterocycles. The van der Waals surface area contributed by atoms with E-state index in [4.69, 9.17) is 15.2 Å². The first-order valence-electron chi connectivity index (χ1n) is 6.03. The van der Waals surface area contributed by atoms with Crippen LogP contribution in [-0.4, -0.2) is 20.1 Å². The van der Waals surface area contributed by atoms with Crippen LogP contribution in [0.4, 0.5) is 11.4 Å². The van der Waals surface area contributed by atoms with E-state index in [1.807, 2.05) is 12.1 Å². The van der Waals surface area contributed by atoms with E-state index in [9.17, 15) is 4.79 Å². The maximum Gasteiger partial charge on any atom is 0.255 e. The Morgan fingerprint density at radius 1 is 1.05 bits per heavy atom. The second kappa shape index (κ2) is 5.97. The highest BCUT2D eigenvalue weighted by molar-refractivity contribution is 6.05. The van der Waals surface area contributed by atoms with E-state index in [0.717, 1.165) is 0 Å². The van der Waals surface area contributed by atoms with Crippen molar-refractivity contribution in [1.82, 2.24) is 0 Å². The average molecular weight is 272 g/mol. The van der Waals surface area contributed by atoms with Crippen molar-refractivity contribution in [2.45, 2.75) is 0 Å². The first-order valence-corrected chi connectivity index (χ1v) is 6.03. The number of rotatable bonds is 4. The predicted molar refractivity (Wildman–Crippen MR) is 78.4 cm³/mol. The van der Waals surface area contributed by atoms with Gasteiger partial charge in [0.05, 0.1) is 25.6 Å². The van der Waals surface area contributed by atoms with Gasteiger partial charge in [-0.05, 0) is 30.3 Å². The smallest absolute Gasteiger partial charge is 0.255 e. The second-order valence-electron chi connectivity index (χ2n) is 4.11. The molecule has 0 spiro atoms. The van der Waals surface area contributed by atoms with Gasteiger partial charge in [-0.1, -0.05) is 12.1 Å². The van der Waals surface area contributed by atoms with Crippen LogP contribution in [0.5, 0.6) is 11.5 Å². The fourth-order valence-corrected chi connectivity index (χ4v) is 1.82. The molecule has 0 bridgehead atoms. The molecule has 0 saturated carbocycles. The molecule has 0 aromatic heterocycles. The SMILES string of the molecule is COc1ccc(C(=O)Nc2ccccc2OC)cc1N. The summed E-state index contributed by atoms with van der Waals surface area (Å²) in [4.78, 5) is 12.2. The molecule has 0 fully saturated rings. The summed E-state index contributed by atoms with van der Waals surface area (Å²) in [6, 6.07) is 12.1. The first kappa shape index (κ1) is 13.7. The van der Waals surface area contributed by atoms with Crippen molar-refractivity contribution in [1.29, 1.82) is 0 Å². The first-order chi connectivity index (χ1) is 9.65. The zero-order valence-corrected chi connectivity index (χ0v) is 11.3. The highest BCUT2D eigenvalue weighted by Gasteiger charge is 2.11. The number of ether oxygens (including phenoxy) is 2. The van der Waals surface area contributed by atoms with Crippen LogP contribution in [0.25, 0.3) is 0 Å². The molecule has 0 heterocycles. The number of methoxy groups -OCH3 is 2. The van der Waals surface area contributed by atoms with Crippen molar-refractivity contribution in [3.63, 3.8) is 0 Å². The van der Waals surface area contributed by atoms with E-state index in [1.54, 1.807) is 37.4 Å². The predicted octanol–water partition coefficient (Wildman–Crippen LogP) is 2.54. The lowest BCUT2D eigenvalue weighted by Crippen LogP contribution is -2.13. The summed E-state index contributed by atoms with van der Waals surface area (Å²) in [5, 5.41) is 2.78. The van der Waals surface area contributed by atoms with E-state index in [2.05, 4.69) is 5.32 Å². The molecule has 2 rings (SSSR count). The fraction of sp³-hybridized carbons (Fsp3) is 0.133. The number of nitrogen functional groups attached to an aromatic ring is 1. The normalized spacial score (nSPS) is 9.90. The number of carbonyl (C=O) groups excluding carboxylic acids is 1. The Bertz CT molecular complexity index is 626. The number of anilines is 2. The van der Waals surface area contributed by atoms with Gasteiger partial charge in [0.25, 0.3) is 5.91 Å². The summed E-state index contributed by atoms with van der Waals surface area (Å²) in [6.07, 6.45) is 0. The molecule has 0 unspecified atom stereocenters. The quantitative estimate of drug-likeness (QED) is 0.839. The highest BCUT2D eigenvalue weighted by atomic mass is 16.5. The largest absolute Gasteiger partial charge is 0.495 e. The molecule has 2 aromatic carbocycles. The maximum atomic E-state index is 12.2. The molecule has 0 atom stereocenters. The molecule has 3 N–H and O–H groups in total. The summed E-state index contributed by atoms with van der Waals surface area (Å²) >= 11 is 0. The number of hydrogen-bond donors (Lipinski definition) is 2. The summed E-state index contributed by atoms with van der Waals surface area (Å²) in [7, 11) is 3.08. The summed E-state index contributed by atoms with van der Waals surface area (Å²) in [6.45, 7) is 0. The van der Waals surface area contributed by atoms with Gasteiger partial charge in [-0.3, -0.25) is 4.79 Å². The van der Waals surface area contributed by atoms with Gasteiger partial charge in [0.2, 0.25) is 0 Å². The van der Waals surface area contributed by atoms with Crippen molar-refractivity contribution in [3.8, 4) is 11.5 Å². The Balaban J connectivity index is 2.22. The van der Waals surface area contributed by atoms with E-state index in [0.29, 0.717) is 28.4 Å². The third-order valence-corrected chi connectivity index (χ3v) is 2.85. The van der Waals surface area contributed by atoms with Gasteiger partial charge in [-0.25, -0.2) is 0 Å². The third-order valence-electron chi connectivity index (χ3n) is 2.85. The lowest BCUT2D eigenvalue weighted by molar-refractivity contribution is 0.102. The van der Waals surface area contributed by atoms with E-state index < -0.39 is 0 Å². The van der Waals surface area contributed by atoms with E-state index >= 15 is 0 Å². The van der Waals surface area contributed by atoms with E-state index in [-0.39, 0.29) is 5.91 Å². The lowest BCUT2D eigenvalue weighted by atomic mass is 10.1. The topological polar surface area (TPSA) is 73.6 Å². The molecule has 0 aliphatic rings. The lowest BCUT2D eigenvalue weighted by Gasteiger charge is -2.11. The van der Waals surface area contributed by atoms with Crippen molar-refractivity contribution in [2.24, 2.45) is 0 Å². The number of para-hydroxylation sites is 2. The van der Waals surface area contributed by atoms with Gasteiger partial charge in [0.1, 0.15) is 11.5 Å². The van der Waals surface area contributed by atoms with Crippen molar-refractivity contribution < 1.29 is 14.3 Å². The highest BCUT2D eigenvalue weighted by Crippen LogP contribution is 2.25. The molecular weight excluding hydrogens is 256 g/mol. The Kier molecular flexibility index (Phi) is 4.10. The van der Waals surface area contributed by atoms with Crippen LogP contribution < -0.4 is 20.5 Å². The Hall–Kier alpha value is -2.69. The van der Waals surface area contributed by atoms with Crippen molar-refractivity contribution >= 4 is 17.3 Å². The number of benzene rings is 2. The molecule has 0 aliphatic carbocycles. The fourth-order valence-electron chi connectivity index (χ4n) is 1.82. The van der Waals surface area contributed by atoms with Gasteiger partial charge >= 0.3 is 0 Å². The Morgan fingerprint density at radius 3 is 2.40 bits per heavy atom. The van der Waals surface area contributed by atoms with Crippen molar-refractivity contribution in [2.75, 3.05) is 25.3 Å². The van der Waals surface area contributed by atoms with Gasteiger partial charge < -0.3 is 20.5 Å². The van der Waals surface area contributed by atoms with Crippen LogP contribution in [0.2, 0.25) is 0 Å². The minimum absolute atomic E-state index is 0.260.